The van der Waals surface area contributed by atoms with Crippen molar-refractivity contribution >= 4 is 16.8 Å². The second-order valence-corrected chi connectivity index (χ2v) is 18.3. The van der Waals surface area contributed by atoms with Crippen LogP contribution >= 0.6 is 0 Å². The number of aromatic amines is 1. The van der Waals surface area contributed by atoms with Crippen LogP contribution in [0.3, 0.4) is 0 Å². The molecule has 2 heterocycles. The smallest absolute Gasteiger partial charge is 0.146 e. The molecule has 4 heteroatoms. The molecular weight excluding hydrogens is 839 g/mol. The number of unbranched alkanes of at least 4 members (excludes halogenated alkanes) is 1. The first kappa shape index (κ1) is 57.0. The van der Waals surface area contributed by atoms with Crippen molar-refractivity contribution in [1.82, 2.24) is 15.2 Å². The van der Waals surface area contributed by atoms with E-state index in [-0.39, 0.29) is 12.0 Å². The highest BCUT2D eigenvalue weighted by molar-refractivity contribution is 5.86. The molecule has 2 N–H and O–H groups in total. The summed E-state index contributed by atoms with van der Waals surface area (Å²) < 4.78 is 0. The molecule has 0 bridgehead atoms. The molecule has 1 aliphatic heterocycles. The van der Waals surface area contributed by atoms with E-state index in [2.05, 4.69) is 168 Å². The van der Waals surface area contributed by atoms with Gasteiger partial charge in [0, 0.05) is 35.9 Å². The molecular formula is C65H85N3O. The number of nitrogens with zero attached hydrogens (tertiary/aromatic N) is 1. The average Bonchev–Trinajstić information content (AvgIpc) is 4.06. The van der Waals surface area contributed by atoms with Crippen molar-refractivity contribution in [2.75, 3.05) is 13.1 Å². The van der Waals surface area contributed by atoms with E-state index >= 15 is 0 Å². The Morgan fingerprint density at radius 3 is 1.83 bits per heavy atom. The summed E-state index contributed by atoms with van der Waals surface area (Å²) in [4.78, 5) is 17.8. The molecule has 0 saturated carbocycles. The molecule has 366 valence electrons. The maximum absolute atomic E-state index is 11.9. The third kappa shape index (κ3) is 18.6. The van der Waals surface area contributed by atoms with Gasteiger partial charge in [0.15, 0.2) is 0 Å². The fourth-order valence-electron chi connectivity index (χ4n) is 8.21. The number of benzene rings is 5. The zero-order valence-electron chi connectivity index (χ0n) is 44.2. The summed E-state index contributed by atoms with van der Waals surface area (Å²) in [5.41, 5.74) is 16.8. The fraction of sp³-hybridized carbons (Fsp3) is 0.354. The number of carbonyl (C=O) groups excluding carboxylic acids is 1. The molecule has 1 fully saturated rings. The molecule has 69 heavy (non-hydrogen) atoms. The third-order valence-electron chi connectivity index (χ3n) is 12.7. The Kier molecular flexibility index (Phi) is 25.5. The zero-order valence-corrected chi connectivity index (χ0v) is 44.2. The number of hydrogen-bond acceptors (Lipinski definition) is 3. The quantitative estimate of drug-likeness (QED) is 0.0708. The molecule has 6 aromatic rings. The largest absolute Gasteiger partial charge is 0.385 e. The van der Waals surface area contributed by atoms with Crippen molar-refractivity contribution in [3.05, 3.63) is 210 Å². The molecule has 0 spiro atoms. The minimum Gasteiger partial charge on any atom is -0.385 e. The van der Waals surface area contributed by atoms with E-state index in [1.807, 2.05) is 82.3 Å². The Balaban J connectivity index is 0.000000278. The van der Waals surface area contributed by atoms with Gasteiger partial charge < -0.3 is 15.2 Å². The predicted molar refractivity (Wildman–Crippen MR) is 304 cm³/mol. The summed E-state index contributed by atoms with van der Waals surface area (Å²) in [6.07, 6.45) is 8.67. The minimum absolute atomic E-state index is 0.0288. The molecule has 1 aliphatic rings. The number of H-pyrrole nitrogens is 1. The van der Waals surface area contributed by atoms with Gasteiger partial charge in [-0.25, -0.2) is 4.79 Å². The molecule has 7 rings (SSSR count). The first-order valence-electron chi connectivity index (χ1n) is 25.5. The molecule has 1 saturated heterocycles. The van der Waals surface area contributed by atoms with Gasteiger partial charge in [-0.2, -0.15) is 0 Å². The van der Waals surface area contributed by atoms with E-state index in [1.165, 1.54) is 69.2 Å². The molecule has 4 nitrogen and oxygen atoms in total. The number of allylic oxidation sites excluding steroid dienone is 3. The standard InChI is InChI=1S/C28H31N.C21H27NO.C8H15N.C6H6.C2H6/c1-5-6-7-20(3)27-18-26-15-14-25(17-28(26)29-27)23-12-10-22(11-13-23)24-9-8-19(2)21(4)16-24;1-5-17(4)14-19(18-10-7-6-8-11-18)21(15-23)22-13-9-12-20(22)16(2)3;1-5-8(4)9-6-7(2)3;1-2-4-6-5-3-1;1-2/h8-18,20,29H,5-7H2,1-4H3;6-8,10-11,19-20H,2,4-5,9,12-14H2,1,3H3;9H,2,4-6H2,1,3H3;1-6H;1-2H3/t;19?,20-;;;/m.0.../s1. The van der Waals surface area contributed by atoms with Gasteiger partial charge in [0.05, 0.1) is 6.04 Å². The lowest BCUT2D eigenvalue weighted by molar-refractivity contribution is 0.331. The van der Waals surface area contributed by atoms with Crippen LogP contribution < -0.4 is 5.32 Å². The minimum atomic E-state index is 0.0288. The van der Waals surface area contributed by atoms with Gasteiger partial charge in [0.2, 0.25) is 0 Å². The number of aryl methyl sites for hydroxylation is 2. The van der Waals surface area contributed by atoms with Gasteiger partial charge in [-0.15, -0.1) is 0 Å². The fourth-order valence-corrected chi connectivity index (χ4v) is 8.21. The molecule has 0 amide bonds. The van der Waals surface area contributed by atoms with Crippen molar-refractivity contribution in [2.24, 2.45) is 0 Å². The van der Waals surface area contributed by atoms with E-state index in [0.29, 0.717) is 5.92 Å². The second kappa shape index (κ2) is 30.9. The van der Waals surface area contributed by atoms with Crippen LogP contribution in [-0.2, 0) is 4.79 Å². The summed E-state index contributed by atoms with van der Waals surface area (Å²) in [6, 6.07) is 47.2. The lowest BCUT2D eigenvalue weighted by Gasteiger charge is -2.32. The highest BCUT2D eigenvalue weighted by Gasteiger charge is 2.32. The topological polar surface area (TPSA) is 48.1 Å². The Morgan fingerprint density at radius 1 is 0.739 bits per heavy atom. The Morgan fingerprint density at radius 2 is 1.30 bits per heavy atom. The van der Waals surface area contributed by atoms with E-state index in [0.717, 1.165) is 78.9 Å². The maximum Gasteiger partial charge on any atom is 0.146 e. The van der Waals surface area contributed by atoms with Crippen LogP contribution in [-0.4, -0.2) is 35.0 Å². The summed E-state index contributed by atoms with van der Waals surface area (Å²) in [5, 5.41) is 4.44. The van der Waals surface area contributed by atoms with Crippen molar-refractivity contribution < 1.29 is 4.79 Å². The number of likely N-dealkylation sites (tertiary alicyclic amines) is 1. The lowest BCUT2D eigenvalue weighted by Crippen LogP contribution is -2.32. The van der Waals surface area contributed by atoms with Crippen molar-refractivity contribution in [3.63, 3.8) is 0 Å². The molecule has 5 aromatic carbocycles. The lowest BCUT2D eigenvalue weighted by atomic mass is 9.88. The molecule has 1 aromatic heterocycles. The van der Waals surface area contributed by atoms with Gasteiger partial charge in [-0.3, -0.25) is 0 Å². The number of nitrogens with one attached hydrogen (secondary N) is 2. The SMILES string of the molecule is C=C(C)CNC(=C)CC.C=C(CC)CC(C(=C=O)N1CCC[C@H]1C(=C)C)c1ccccc1.CC.CCCCC(C)c1cc2ccc(-c3ccc(-c4ccc(C)c(C)c4)cc3)cc2[nH]1.c1ccccc1. The monoisotopic (exact) mass is 924 g/mol. The van der Waals surface area contributed by atoms with Gasteiger partial charge in [-0.05, 0) is 129 Å². The molecule has 2 unspecified atom stereocenters. The van der Waals surface area contributed by atoms with Crippen molar-refractivity contribution in [3.8, 4) is 22.3 Å². The summed E-state index contributed by atoms with van der Waals surface area (Å²) in [7, 11) is 0. The Bertz CT molecular complexity index is 2490. The van der Waals surface area contributed by atoms with E-state index in [1.54, 1.807) is 0 Å². The summed E-state index contributed by atoms with van der Waals surface area (Å²) in [5.74, 6) is 2.88. The Hall–Kier alpha value is -6.35. The van der Waals surface area contributed by atoms with E-state index in [9.17, 15) is 4.79 Å². The highest BCUT2D eigenvalue weighted by atomic mass is 16.1. The van der Waals surface area contributed by atoms with Gasteiger partial charge in [0.25, 0.3) is 0 Å². The Labute approximate surface area is 419 Å². The normalized spacial score (nSPS) is 13.2. The second-order valence-electron chi connectivity index (χ2n) is 18.3. The summed E-state index contributed by atoms with van der Waals surface area (Å²) in [6.45, 7) is 38.7. The highest BCUT2D eigenvalue weighted by Crippen LogP contribution is 2.37. The van der Waals surface area contributed by atoms with Gasteiger partial charge in [0.1, 0.15) is 11.6 Å². The van der Waals surface area contributed by atoms with Crippen molar-refractivity contribution in [2.45, 2.75) is 138 Å². The van der Waals surface area contributed by atoms with E-state index < -0.39 is 0 Å². The van der Waals surface area contributed by atoms with E-state index in [4.69, 9.17) is 0 Å². The number of rotatable bonds is 17. The van der Waals surface area contributed by atoms with Gasteiger partial charge >= 0.3 is 0 Å². The predicted octanol–water partition coefficient (Wildman–Crippen LogP) is 18.1. The molecule has 0 radical (unpaired) electrons. The maximum atomic E-state index is 11.9. The number of aromatic nitrogens is 1. The number of fused-ring (bicyclic) bond motifs is 1. The zero-order chi connectivity index (χ0) is 50.7. The van der Waals surface area contributed by atoms with Crippen LogP contribution in [0.4, 0.5) is 0 Å². The number of hydrogen-bond donors (Lipinski definition) is 2. The van der Waals surface area contributed by atoms with Crippen LogP contribution in [0.25, 0.3) is 33.2 Å². The third-order valence-corrected chi connectivity index (χ3v) is 12.7. The van der Waals surface area contributed by atoms with Crippen LogP contribution in [0.15, 0.2) is 188 Å². The van der Waals surface area contributed by atoms with Crippen LogP contribution in [0.1, 0.15) is 141 Å². The summed E-state index contributed by atoms with van der Waals surface area (Å²) >= 11 is 0. The molecule has 0 aliphatic carbocycles. The van der Waals surface area contributed by atoms with Crippen LogP contribution in [0, 0.1) is 13.8 Å². The van der Waals surface area contributed by atoms with Crippen LogP contribution in [0.2, 0.25) is 0 Å². The van der Waals surface area contributed by atoms with Crippen LogP contribution in [0.5, 0.6) is 0 Å². The van der Waals surface area contributed by atoms with Gasteiger partial charge in [-0.1, -0.05) is 219 Å². The van der Waals surface area contributed by atoms with Crippen molar-refractivity contribution in [1.29, 1.82) is 0 Å². The first-order valence-corrected chi connectivity index (χ1v) is 25.5. The average molecular weight is 924 g/mol. The first-order chi connectivity index (χ1) is 33.3. The molecule has 3 atom stereocenters.